The monoisotopic (exact) mass is 358 g/mol. The first-order valence-corrected chi connectivity index (χ1v) is 9.13. The van der Waals surface area contributed by atoms with Gasteiger partial charge in [0.05, 0.1) is 17.5 Å². The number of likely N-dealkylation sites (tertiary alicyclic amines) is 1. The van der Waals surface area contributed by atoms with Crippen LogP contribution in [0.25, 0.3) is 0 Å². The molecule has 2 aromatic rings. The minimum atomic E-state index is -0.583. The molecular weight excluding hydrogens is 340 g/mol. The summed E-state index contributed by atoms with van der Waals surface area (Å²) in [5, 5.41) is 4.68. The normalized spacial score (nSPS) is 25.4. The van der Waals surface area contributed by atoms with Crippen LogP contribution in [-0.2, 0) is 4.79 Å². The summed E-state index contributed by atoms with van der Waals surface area (Å²) in [6, 6.07) is 5.48. The molecule has 1 N–H and O–H groups in total. The first-order chi connectivity index (χ1) is 12.2. The number of hydrogen-bond acceptors (Lipinski definition) is 6. The number of pyridine rings is 1. The van der Waals surface area contributed by atoms with Crippen LogP contribution in [0.1, 0.15) is 16.9 Å². The molecule has 130 valence electrons. The molecule has 2 fully saturated rings. The second kappa shape index (κ2) is 6.44. The first-order valence-electron chi connectivity index (χ1n) is 8.19. The highest BCUT2D eigenvalue weighted by atomic mass is 32.1. The van der Waals surface area contributed by atoms with Crippen molar-refractivity contribution in [2.75, 3.05) is 26.2 Å². The zero-order valence-electron chi connectivity index (χ0n) is 13.6. The second-order valence-electron chi connectivity index (χ2n) is 6.39. The van der Waals surface area contributed by atoms with Crippen LogP contribution in [0.2, 0.25) is 0 Å². The van der Waals surface area contributed by atoms with E-state index in [1.807, 2.05) is 12.1 Å². The molecule has 4 rings (SSSR count). The highest BCUT2D eigenvalue weighted by Crippen LogP contribution is 2.42. The molecule has 0 unspecified atom stereocenters. The minimum Gasteiger partial charge on any atom is -0.477 e. The van der Waals surface area contributed by atoms with Crippen LogP contribution < -0.4 is 10.1 Å². The third kappa shape index (κ3) is 2.86. The van der Waals surface area contributed by atoms with Crippen molar-refractivity contribution in [3.63, 3.8) is 0 Å². The summed E-state index contributed by atoms with van der Waals surface area (Å²) >= 11 is 1.39. The van der Waals surface area contributed by atoms with Gasteiger partial charge in [0.25, 0.3) is 5.91 Å². The Balaban J connectivity index is 1.47. The number of nitrogens with one attached hydrogen (secondary N) is 1. The molecular formula is C17H18N4O3S. The summed E-state index contributed by atoms with van der Waals surface area (Å²) in [4.78, 5) is 35.0. The van der Waals surface area contributed by atoms with Gasteiger partial charge >= 0.3 is 0 Å². The van der Waals surface area contributed by atoms with Crippen molar-refractivity contribution in [2.45, 2.75) is 6.42 Å². The van der Waals surface area contributed by atoms with Gasteiger partial charge in [0.1, 0.15) is 5.69 Å². The molecule has 2 saturated heterocycles. The molecule has 7 nitrogen and oxygen atoms in total. The topological polar surface area (TPSA) is 84.4 Å². The smallest absolute Gasteiger partial charge is 0.273 e. The van der Waals surface area contributed by atoms with Gasteiger partial charge in [-0.05, 0) is 12.5 Å². The molecule has 2 aliphatic heterocycles. The number of thiazole rings is 1. The molecule has 1 spiro atoms. The fraction of sp³-hybridized carbons (Fsp3) is 0.412. The quantitative estimate of drug-likeness (QED) is 0.888. The lowest BCUT2D eigenvalue weighted by Crippen LogP contribution is -2.41. The van der Waals surface area contributed by atoms with Crippen LogP contribution in [0.4, 0.5) is 0 Å². The summed E-state index contributed by atoms with van der Waals surface area (Å²) in [5.41, 5.74) is 1.51. The standard InChI is InChI=1S/C17H18N4O3S/c22-15(13-9-25-11-20-13)21-6-4-17(10-21)12(7-19-16(17)23)8-24-14-3-1-2-5-18-14/h1-3,5,9,11-12H,4,6-8,10H2,(H,19,23)/t12-,17+/m0/s1. The maximum atomic E-state index is 12.5. The van der Waals surface area contributed by atoms with E-state index in [-0.39, 0.29) is 17.7 Å². The number of hydrogen-bond donors (Lipinski definition) is 1. The van der Waals surface area contributed by atoms with Crippen LogP contribution in [-0.4, -0.2) is 52.9 Å². The number of nitrogens with zero attached hydrogens (tertiary/aromatic N) is 3. The molecule has 0 aromatic carbocycles. The van der Waals surface area contributed by atoms with E-state index in [2.05, 4.69) is 15.3 Å². The molecule has 0 bridgehead atoms. The lowest BCUT2D eigenvalue weighted by atomic mass is 9.77. The summed E-state index contributed by atoms with van der Waals surface area (Å²) in [7, 11) is 0. The van der Waals surface area contributed by atoms with E-state index >= 15 is 0 Å². The molecule has 0 radical (unpaired) electrons. The lowest BCUT2D eigenvalue weighted by molar-refractivity contribution is -0.128. The van der Waals surface area contributed by atoms with Gasteiger partial charge in [-0.2, -0.15) is 0 Å². The first kappa shape index (κ1) is 16.0. The lowest BCUT2D eigenvalue weighted by Gasteiger charge is -2.27. The Labute approximate surface area is 149 Å². The van der Waals surface area contributed by atoms with E-state index in [9.17, 15) is 9.59 Å². The highest BCUT2D eigenvalue weighted by Gasteiger charge is 2.55. The van der Waals surface area contributed by atoms with Crippen molar-refractivity contribution < 1.29 is 14.3 Å². The van der Waals surface area contributed by atoms with Crippen molar-refractivity contribution in [1.82, 2.24) is 20.2 Å². The maximum absolute atomic E-state index is 12.5. The fourth-order valence-electron chi connectivity index (χ4n) is 3.61. The van der Waals surface area contributed by atoms with Crippen molar-refractivity contribution >= 4 is 23.2 Å². The largest absolute Gasteiger partial charge is 0.477 e. The van der Waals surface area contributed by atoms with Crippen molar-refractivity contribution in [3.05, 3.63) is 41.0 Å². The molecule has 2 aliphatic rings. The predicted octanol–water partition coefficient (Wildman–Crippen LogP) is 1.20. The third-order valence-corrected chi connectivity index (χ3v) is 5.64. The van der Waals surface area contributed by atoms with Crippen LogP contribution >= 0.6 is 11.3 Å². The Morgan fingerprint density at radius 1 is 1.44 bits per heavy atom. The molecule has 2 amide bonds. The summed E-state index contributed by atoms with van der Waals surface area (Å²) in [6.45, 7) is 1.92. The van der Waals surface area contributed by atoms with Gasteiger partial charge in [-0.3, -0.25) is 9.59 Å². The third-order valence-electron chi connectivity index (χ3n) is 5.05. The van der Waals surface area contributed by atoms with E-state index < -0.39 is 5.41 Å². The zero-order chi connectivity index (χ0) is 17.3. The number of ether oxygens (including phenoxy) is 1. The summed E-state index contributed by atoms with van der Waals surface area (Å²) in [5.74, 6) is 0.457. The summed E-state index contributed by atoms with van der Waals surface area (Å²) in [6.07, 6.45) is 2.32. The molecule has 0 aliphatic carbocycles. The molecule has 0 saturated carbocycles. The number of aromatic nitrogens is 2. The Hall–Kier alpha value is -2.48. The SMILES string of the molecule is O=C(c1cscn1)N1CC[C@]2(C1)C(=O)NC[C@H]2COc1ccccn1. The van der Waals surface area contributed by atoms with Gasteiger partial charge in [-0.25, -0.2) is 9.97 Å². The van der Waals surface area contributed by atoms with Crippen LogP contribution in [0.15, 0.2) is 35.3 Å². The van der Waals surface area contributed by atoms with Gasteiger partial charge in [0.2, 0.25) is 11.8 Å². The van der Waals surface area contributed by atoms with Crippen molar-refractivity contribution in [3.8, 4) is 5.88 Å². The fourth-order valence-corrected chi connectivity index (χ4v) is 4.14. The molecule has 2 aromatic heterocycles. The van der Waals surface area contributed by atoms with Crippen molar-refractivity contribution in [2.24, 2.45) is 11.3 Å². The van der Waals surface area contributed by atoms with Crippen molar-refractivity contribution in [1.29, 1.82) is 0 Å². The van der Waals surface area contributed by atoms with E-state index in [1.54, 1.807) is 28.1 Å². The van der Waals surface area contributed by atoms with Gasteiger partial charge < -0.3 is 15.0 Å². The average Bonchev–Trinajstić information content (AvgIpc) is 3.37. The van der Waals surface area contributed by atoms with Gasteiger partial charge in [0.15, 0.2) is 0 Å². The highest BCUT2D eigenvalue weighted by molar-refractivity contribution is 7.07. The number of carbonyl (C=O) groups is 2. The Morgan fingerprint density at radius 2 is 2.36 bits per heavy atom. The van der Waals surface area contributed by atoms with E-state index in [4.69, 9.17) is 4.74 Å². The minimum absolute atomic E-state index is 0.00948. The van der Waals surface area contributed by atoms with Gasteiger partial charge in [0, 0.05) is 43.2 Å². The van der Waals surface area contributed by atoms with Crippen LogP contribution in [0.5, 0.6) is 5.88 Å². The van der Waals surface area contributed by atoms with E-state index in [0.717, 1.165) is 0 Å². The second-order valence-corrected chi connectivity index (χ2v) is 7.11. The molecule has 4 heterocycles. The van der Waals surface area contributed by atoms with Crippen LogP contribution in [0.3, 0.4) is 0 Å². The number of carbonyl (C=O) groups excluding carboxylic acids is 2. The summed E-state index contributed by atoms with van der Waals surface area (Å²) < 4.78 is 5.78. The molecule has 2 atom stereocenters. The Kier molecular flexibility index (Phi) is 4.12. The predicted molar refractivity (Wildman–Crippen MR) is 91.3 cm³/mol. The zero-order valence-corrected chi connectivity index (χ0v) is 14.4. The number of rotatable bonds is 4. The van der Waals surface area contributed by atoms with Gasteiger partial charge in [-0.15, -0.1) is 11.3 Å². The molecule has 25 heavy (non-hydrogen) atoms. The maximum Gasteiger partial charge on any atom is 0.273 e. The molecule has 8 heteroatoms. The average molecular weight is 358 g/mol. The van der Waals surface area contributed by atoms with E-state index in [1.165, 1.54) is 11.3 Å². The van der Waals surface area contributed by atoms with Crippen LogP contribution in [0, 0.1) is 11.3 Å². The Morgan fingerprint density at radius 3 is 3.12 bits per heavy atom. The van der Waals surface area contributed by atoms with E-state index in [0.29, 0.717) is 44.2 Å². The van der Waals surface area contributed by atoms with Gasteiger partial charge in [-0.1, -0.05) is 6.07 Å². The number of amides is 2. The Bertz CT molecular complexity index is 767.